The largest absolute Gasteiger partial charge is 0.488 e. The van der Waals surface area contributed by atoms with Gasteiger partial charge in [-0.25, -0.2) is 4.98 Å². The first-order chi connectivity index (χ1) is 13.9. The third-order valence-electron chi connectivity index (χ3n) is 4.76. The number of benzene rings is 1. The van der Waals surface area contributed by atoms with Crippen LogP contribution >= 0.6 is 0 Å². The normalized spacial score (nSPS) is 14.8. The van der Waals surface area contributed by atoms with Gasteiger partial charge in [-0.3, -0.25) is 4.99 Å². The Kier molecular flexibility index (Phi) is 6.96. The molecule has 1 aromatic carbocycles. The lowest BCUT2D eigenvalue weighted by molar-refractivity contribution is 0.129. The molecule has 0 radical (unpaired) electrons. The van der Waals surface area contributed by atoms with Crippen LogP contribution in [-0.2, 0) is 13.1 Å². The molecular weight excluding hydrogens is 362 g/mol. The Hall–Kier alpha value is -2.76. The number of ether oxygens (including phenoxy) is 1. The van der Waals surface area contributed by atoms with Gasteiger partial charge in [-0.05, 0) is 57.4 Å². The van der Waals surface area contributed by atoms with E-state index in [1.54, 1.807) is 7.05 Å². The van der Waals surface area contributed by atoms with E-state index in [0.717, 1.165) is 36.2 Å². The lowest BCUT2D eigenvalue weighted by atomic mass is 10.1. The topological polar surface area (TPSA) is 61.8 Å². The fourth-order valence-corrected chi connectivity index (χ4v) is 3.35. The zero-order valence-electron chi connectivity index (χ0n) is 18.0. The SMILES string of the molecule is CN=C(NCc1ccnc(N2CCCC2)c1)NCc1ccccc1OC(C)(C)C. The monoisotopic (exact) mass is 395 g/mol. The lowest BCUT2D eigenvalue weighted by Gasteiger charge is -2.23. The maximum absolute atomic E-state index is 6.08. The number of nitrogens with zero attached hydrogens (tertiary/aromatic N) is 3. The zero-order valence-corrected chi connectivity index (χ0v) is 18.0. The Balaban J connectivity index is 1.56. The molecule has 6 nitrogen and oxygen atoms in total. The third kappa shape index (κ3) is 6.38. The number of hydrogen-bond donors (Lipinski definition) is 2. The van der Waals surface area contributed by atoms with Crippen LogP contribution in [0.2, 0.25) is 0 Å². The summed E-state index contributed by atoms with van der Waals surface area (Å²) in [7, 11) is 1.79. The molecule has 0 aliphatic carbocycles. The van der Waals surface area contributed by atoms with Gasteiger partial charge in [-0.1, -0.05) is 18.2 Å². The van der Waals surface area contributed by atoms with Crippen molar-refractivity contribution < 1.29 is 4.74 Å². The van der Waals surface area contributed by atoms with Crippen LogP contribution in [0.5, 0.6) is 5.75 Å². The molecule has 1 saturated heterocycles. The fourth-order valence-electron chi connectivity index (χ4n) is 3.35. The number of aliphatic imine (C=N–C) groups is 1. The Bertz CT molecular complexity index is 822. The highest BCUT2D eigenvalue weighted by atomic mass is 16.5. The predicted molar refractivity (Wildman–Crippen MR) is 120 cm³/mol. The number of anilines is 1. The van der Waals surface area contributed by atoms with E-state index in [-0.39, 0.29) is 5.60 Å². The first-order valence-electron chi connectivity index (χ1n) is 10.4. The molecule has 0 amide bonds. The lowest BCUT2D eigenvalue weighted by Crippen LogP contribution is -2.36. The van der Waals surface area contributed by atoms with Crippen LogP contribution in [0.1, 0.15) is 44.7 Å². The van der Waals surface area contributed by atoms with Gasteiger partial charge in [-0.15, -0.1) is 0 Å². The summed E-state index contributed by atoms with van der Waals surface area (Å²) in [6.07, 6.45) is 4.39. The summed E-state index contributed by atoms with van der Waals surface area (Å²) in [4.78, 5) is 11.2. The second-order valence-corrected chi connectivity index (χ2v) is 8.32. The molecule has 0 saturated carbocycles. The molecule has 156 valence electrons. The summed E-state index contributed by atoms with van der Waals surface area (Å²) in [5.41, 5.74) is 2.07. The molecule has 2 N–H and O–H groups in total. The molecule has 1 aliphatic rings. The van der Waals surface area contributed by atoms with Crippen LogP contribution in [0, 0.1) is 0 Å². The van der Waals surface area contributed by atoms with Gasteiger partial charge in [0.25, 0.3) is 0 Å². The molecule has 0 spiro atoms. The van der Waals surface area contributed by atoms with Crippen molar-refractivity contribution in [2.45, 2.75) is 52.3 Å². The summed E-state index contributed by atoms with van der Waals surface area (Å²) >= 11 is 0. The van der Waals surface area contributed by atoms with E-state index in [9.17, 15) is 0 Å². The van der Waals surface area contributed by atoms with E-state index < -0.39 is 0 Å². The maximum Gasteiger partial charge on any atom is 0.191 e. The van der Waals surface area contributed by atoms with E-state index in [1.807, 2.05) is 30.5 Å². The van der Waals surface area contributed by atoms with Crippen molar-refractivity contribution in [3.8, 4) is 5.75 Å². The van der Waals surface area contributed by atoms with Crippen LogP contribution in [0.25, 0.3) is 0 Å². The van der Waals surface area contributed by atoms with Gasteiger partial charge in [0.15, 0.2) is 5.96 Å². The van der Waals surface area contributed by atoms with E-state index in [2.05, 4.69) is 58.4 Å². The van der Waals surface area contributed by atoms with E-state index in [4.69, 9.17) is 4.74 Å². The molecule has 1 aromatic heterocycles. The Morgan fingerprint density at radius 1 is 1.10 bits per heavy atom. The molecule has 6 heteroatoms. The van der Waals surface area contributed by atoms with Crippen LogP contribution in [0.4, 0.5) is 5.82 Å². The second-order valence-electron chi connectivity index (χ2n) is 8.32. The van der Waals surface area contributed by atoms with Crippen molar-refractivity contribution >= 4 is 11.8 Å². The third-order valence-corrected chi connectivity index (χ3v) is 4.76. The van der Waals surface area contributed by atoms with Crippen LogP contribution < -0.4 is 20.3 Å². The minimum absolute atomic E-state index is 0.232. The van der Waals surface area contributed by atoms with Gasteiger partial charge in [0.05, 0.1) is 0 Å². The number of hydrogen-bond acceptors (Lipinski definition) is 4. The summed E-state index contributed by atoms with van der Waals surface area (Å²) in [5, 5.41) is 6.78. The van der Waals surface area contributed by atoms with Crippen molar-refractivity contribution in [2.75, 3.05) is 25.0 Å². The minimum Gasteiger partial charge on any atom is -0.488 e. The van der Waals surface area contributed by atoms with Crippen LogP contribution in [0.15, 0.2) is 47.6 Å². The molecule has 29 heavy (non-hydrogen) atoms. The quantitative estimate of drug-likeness (QED) is 0.577. The highest BCUT2D eigenvalue weighted by Gasteiger charge is 2.15. The molecule has 0 unspecified atom stereocenters. The molecule has 0 atom stereocenters. The van der Waals surface area contributed by atoms with Crippen molar-refractivity contribution in [2.24, 2.45) is 4.99 Å². The highest BCUT2D eigenvalue weighted by molar-refractivity contribution is 5.79. The molecule has 1 aliphatic heterocycles. The highest BCUT2D eigenvalue weighted by Crippen LogP contribution is 2.23. The molecule has 2 heterocycles. The van der Waals surface area contributed by atoms with Crippen molar-refractivity contribution in [3.05, 3.63) is 53.7 Å². The first kappa shape index (κ1) is 21.0. The Morgan fingerprint density at radius 2 is 1.83 bits per heavy atom. The number of pyridine rings is 1. The summed E-state index contributed by atoms with van der Waals surface area (Å²) < 4.78 is 6.08. The Morgan fingerprint density at radius 3 is 2.55 bits per heavy atom. The molecule has 1 fully saturated rings. The van der Waals surface area contributed by atoms with Gasteiger partial charge >= 0.3 is 0 Å². The number of guanidine groups is 1. The van der Waals surface area contributed by atoms with Gasteiger partial charge in [-0.2, -0.15) is 0 Å². The van der Waals surface area contributed by atoms with Crippen LogP contribution in [0.3, 0.4) is 0 Å². The fraction of sp³-hybridized carbons (Fsp3) is 0.478. The zero-order chi connectivity index (χ0) is 20.7. The van der Waals surface area contributed by atoms with Crippen molar-refractivity contribution in [3.63, 3.8) is 0 Å². The van der Waals surface area contributed by atoms with E-state index in [1.165, 1.54) is 18.4 Å². The molecular formula is C23H33N5O. The Labute approximate surface area is 174 Å². The first-order valence-corrected chi connectivity index (χ1v) is 10.4. The molecule has 3 rings (SSSR count). The standard InChI is InChI=1S/C23H33N5O/c1-23(2,3)29-20-10-6-5-9-19(20)17-27-22(24-4)26-16-18-11-12-25-21(15-18)28-13-7-8-14-28/h5-6,9-12,15H,7-8,13-14,16-17H2,1-4H3,(H2,24,26,27). The van der Waals surface area contributed by atoms with E-state index >= 15 is 0 Å². The number of aromatic nitrogens is 1. The summed E-state index contributed by atoms with van der Waals surface area (Å²) in [6.45, 7) is 9.71. The van der Waals surface area contributed by atoms with Gasteiger partial charge < -0.3 is 20.3 Å². The molecule has 0 bridgehead atoms. The smallest absolute Gasteiger partial charge is 0.191 e. The van der Waals surface area contributed by atoms with Crippen molar-refractivity contribution in [1.29, 1.82) is 0 Å². The van der Waals surface area contributed by atoms with Gasteiger partial charge in [0, 0.05) is 45.0 Å². The number of nitrogens with one attached hydrogen (secondary N) is 2. The minimum atomic E-state index is -0.232. The average Bonchev–Trinajstić information content (AvgIpc) is 3.23. The van der Waals surface area contributed by atoms with Crippen LogP contribution in [-0.4, -0.2) is 36.7 Å². The summed E-state index contributed by atoms with van der Waals surface area (Å²) in [5.74, 6) is 2.72. The van der Waals surface area contributed by atoms with Gasteiger partial charge in [0.1, 0.15) is 17.2 Å². The summed E-state index contributed by atoms with van der Waals surface area (Å²) in [6, 6.07) is 12.3. The number of rotatable bonds is 6. The second kappa shape index (κ2) is 9.63. The maximum atomic E-state index is 6.08. The molecule has 2 aromatic rings. The number of para-hydroxylation sites is 1. The van der Waals surface area contributed by atoms with Crippen molar-refractivity contribution in [1.82, 2.24) is 15.6 Å². The van der Waals surface area contributed by atoms with E-state index in [0.29, 0.717) is 13.1 Å². The predicted octanol–water partition coefficient (Wildman–Crippen LogP) is 3.72. The average molecular weight is 396 g/mol. The van der Waals surface area contributed by atoms with Gasteiger partial charge in [0.2, 0.25) is 0 Å².